The fraction of sp³-hybridized carbons (Fsp3) is 0.351. The highest BCUT2D eigenvalue weighted by molar-refractivity contribution is 6.21. The zero-order valence-electron chi connectivity index (χ0n) is 26.5. The first-order chi connectivity index (χ1) is 21.2. The van der Waals surface area contributed by atoms with Crippen LogP contribution in [-0.2, 0) is 9.53 Å². The topological polar surface area (TPSA) is 95.6 Å². The van der Waals surface area contributed by atoms with Crippen LogP contribution in [0.4, 0.5) is 0 Å². The summed E-state index contributed by atoms with van der Waals surface area (Å²) in [5, 5.41) is 15.0. The molecule has 44 heavy (non-hydrogen) atoms. The van der Waals surface area contributed by atoms with Crippen LogP contribution in [0.2, 0.25) is 0 Å². The molecule has 6 aliphatic rings. The number of hydrogen-bond acceptors (Lipinski definition) is 7. The monoisotopic (exact) mass is 588 g/mol. The van der Waals surface area contributed by atoms with E-state index in [1.165, 1.54) is 12.7 Å². The van der Waals surface area contributed by atoms with Crippen LogP contribution < -0.4 is 5.32 Å². The highest BCUT2D eigenvalue weighted by Crippen LogP contribution is 2.46. The molecule has 0 amide bonds. The van der Waals surface area contributed by atoms with Gasteiger partial charge in [0.15, 0.2) is 0 Å². The molecule has 1 fully saturated rings. The van der Waals surface area contributed by atoms with Crippen molar-refractivity contribution in [2.24, 2.45) is 26.8 Å². The lowest BCUT2D eigenvalue weighted by Crippen LogP contribution is -2.16. The van der Waals surface area contributed by atoms with Crippen LogP contribution >= 0.6 is 0 Å². The van der Waals surface area contributed by atoms with E-state index in [4.69, 9.17) is 19.7 Å². The van der Waals surface area contributed by atoms with E-state index in [1.54, 1.807) is 6.08 Å². The third kappa shape index (κ3) is 4.84. The minimum Gasteiger partial charge on any atom is -0.511 e. The number of aliphatic hydroxyl groups is 1. The van der Waals surface area contributed by atoms with Crippen molar-refractivity contribution in [2.75, 3.05) is 7.11 Å². The summed E-state index contributed by atoms with van der Waals surface area (Å²) in [4.78, 5) is 27.6. The van der Waals surface area contributed by atoms with Crippen molar-refractivity contribution in [1.29, 1.82) is 0 Å². The third-order valence-corrected chi connectivity index (χ3v) is 9.66. The van der Waals surface area contributed by atoms with E-state index in [2.05, 4.69) is 63.9 Å². The lowest BCUT2D eigenvalue weighted by molar-refractivity contribution is -0.140. The Kier molecular flexibility index (Phi) is 7.74. The fourth-order valence-electron chi connectivity index (χ4n) is 7.07. The summed E-state index contributed by atoms with van der Waals surface area (Å²) in [5.41, 5.74) is 14.7. The van der Waals surface area contributed by atoms with Gasteiger partial charge in [-0.2, -0.15) is 0 Å². The van der Waals surface area contributed by atoms with E-state index in [9.17, 15) is 9.90 Å². The van der Waals surface area contributed by atoms with Gasteiger partial charge in [0, 0.05) is 47.2 Å². The molecule has 7 heteroatoms. The van der Waals surface area contributed by atoms with Gasteiger partial charge in [-0.3, -0.25) is 4.79 Å². The molecular formula is C37H40N4O3. The van der Waals surface area contributed by atoms with Gasteiger partial charge in [0.05, 0.1) is 41.3 Å². The van der Waals surface area contributed by atoms with Gasteiger partial charge >= 0.3 is 5.97 Å². The second-order valence-electron chi connectivity index (χ2n) is 12.1. The number of rotatable bonds is 7. The van der Waals surface area contributed by atoms with Crippen LogP contribution in [0.1, 0.15) is 66.7 Å². The molecule has 8 bridgehead atoms. The van der Waals surface area contributed by atoms with Gasteiger partial charge in [0.25, 0.3) is 0 Å². The van der Waals surface area contributed by atoms with Crippen LogP contribution in [0.25, 0.3) is 0 Å². The Morgan fingerprint density at radius 3 is 2.48 bits per heavy atom. The molecule has 2 N–H and O–H groups in total. The van der Waals surface area contributed by atoms with Crippen LogP contribution in [0.5, 0.6) is 0 Å². The van der Waals surface area contributed by atoms with E-state index >= 15 is 0 Å². The summed E-state index contributed by atoms with van der Waals surface area (Å²) >= 11 is 0. The fourth-order valence-corrected chi connectivity index (χ4v) is 7.07. The minimum atomic E-state index is -0.229. The Hall–Kier alpha value is -4.52. The molecule has 1 aliphatic carbocycles. The van der Waals surface area contributed by atoms with Crippen LogP contribution in [0, 0.1) is 11.8 Å². The molecule has 2 atom stereocenters. The molecule has 0 aromatic carbocycles. The van der Waals surface area contributed by atoms with Gasteiger partial charge in [-0.1, -0.05) is 38.7 Å². The number of esters is 1. The summed E-state index contributed by atoms with van der Waals surface area (Å²) in [6, 6.07) is 0. The standard InChI is InChI=1S/C37H40N4O3/c1-8-10-11-12-24-20(4)27-16-29-21(5)25(13-14-34(43)44-7)36(40-29)26-15-33(42)35-22(6)30(41-37(26)35)18-31-23(9-2)19(3)28(38-31)17-32(24)39-27/h8,10-11,16-18,21,25,40,42H,1,9,12-15H2,2-7H3/b11-10-,29-16?,31-18?,32-17?,36-26?/t21-,25-/m0/s1. The second-order valence-corrected chi connectivity index (χ2v) is 12.1. The van der Waals surface area contributed by atoms with E-state index in [0.29, 0.717) is 25.0 Å². The highest BCUT2D eigenvalue weighted by Gasteiger charge is 2.41. The maximum atomic E-state index is 12.2. The zero-order chi connectivity index (χ0) is 31.3. The number of carbonyl (C=O) groups is 1. The summed E-state index contributed by atoms with van der Waals surface area (Å²) in [6.07, 6.45) is 15.1. The number of hydrogen-bond donors (Lipinski definition) is 2. The van der Waals surface area contributed by atoms with Crippen molar-refractivity contribution >= 4 is 23.1 Å². The van der Waals surface area contributed by atoms with Gasteiger partial charge in [0.2, 0.25) is 0 Å². The highest BCUT2D eigenvalue weighted by atomic mass is 16.5. The van der Waals surface area contributed by atoms with Crippen molar-refractivity contribution in [1.82, 2.24) is 5.32 Å². The Morgan fingerprint density at radius 2 is 1.77 bits per heavy atom. The molecule has 0 saturated carbocycles. The van der Waals surface area contributed by atoms with Gasteiger partial charge in [-0.05, 0) is 86.1 Å². The Balaban J connectivity index is 1.58. The molecule has 1 saturated heterocycles. The van der Waals surface area contributed by atoms with Crippen LogP contribution in [0.15, 0.2) is 131 Å². The van der Waals surface area contributed by atoms with Crippen molar-refractivity contribution in [2.45, 2.75) is 66.7 Å². The zero-order valence-corrected chi connectivity index (χ0v) is 26.5. The first-order valence-electron chi connectivity index (χ1n) is 15.5. The van der Waals surface area contributed by atoms with Gasteiger partial charge in [-0.15, -0.1) is 0 Å². The van der Waals surface area contributed by atoms with Crippen molar-refractivity contribution < 1.29 is 14.6 Å². The first-order valence-corrected chi connectivity index (χ1v) is 15.5. The predicted molar refractivity (Wildman–Crippen MR) is 177 cm³/mol. The SMILES string of the molecule is C=C/C=C\CC1=C(C)C2=NC1=CC1=NC(=CC3=C(C)C4=C(O)CC(=C5NC(=C2)[C@@H](C)[C@@H]5CCC(=O)OC)C4=N3)C(CC)=C1C. The van der Waals surface area contributed by atoms with Crippen molar-refractivity contribution in [3.63, 3.8) is 0 Å². The Morgan fingerprint density at radius 1 is 1.07 bits per heavy atom. The molecule has 0 unspecified atom stereocenters. The van der Waals surface area contributed by atoms with E-state index in [1.807, 2.05) is 13.0 Å². The number of allylic oxidation sites excluding steroid dienone is 15. The maximum Gasteiger partial charge on any atom is 0.305 e. The number of aliphatic imine (C=N–C) groups is 3. The van der Waals surface area contributed by atoms with Gasteiger partial charge in [-0.25, -0.2) is 15.0 Å². The minimum absolute atomic E-state index is 0.0266. The lowest BCUT2D eigenvalue weighted by Gasteiger charge is -2.17. The van der Waals surface area contributed by atoms with E-state index in [0.717, 1.165) is 91.9 Å². The van der Waals surface area contributed by atoms with Crippen LogP contribution in [0.3, 0.4) is 0 Å². The van der Waals surface area contributed by atoms with E-state index < -0.39 is 0 Å². The molecule has 0 spiro atoms. The quantitative estimate of drug-likeness (QED) is 0.235. The summed E-state index contributed by atoms with van der Waals surface area (Å²) < 4.78 is 4.99. The van der Waals surface area contributed by atoms with Gasteiger partial charge < -0.3 is 15.2 Å². The molecule has 0 radical (unpaired) electrons. The molecule has 5 heterocycles. The number of ether oxygens (including phenoxy) is 1. The van der Waals surface area contributed by atoms with Crippen LogP contribution in [-0.4, -0.2) is 35.3 Å². The predicted octanol–water partition coefficient (Wildman–Crippen LogP) is 7.74. The smallest absolute Gasteiger partial charge is 0.305 e. The maximum absolute atomic E-state index is 12.2. The molecular weight excluding hydrogens is 548 g/mol. The first kappa shape index (κ1) is 29.5. The third-order valence-electron chi connectivity index (χ3n) is 9.66. The van der Waals surface area contributed by atoms with Crippen molar-refractivity contribution in [3.05, 3.63) is 116 Å². The normalized spacial score (nSPS) is 24.2. The number of nitrogens with one attached hydrogen (secondary N) is 1. The summed E-state index contributed by atoms with van der Waals surface area (Å²) in [5.74, 6) is 0.219. The Labute approximate surface area is 259 Å². The second kappa shape index (κ2) is 11.5. The number of aliphatic hydroxyl groups excluding tert-OH is 1. The molecule has 5 aliphatic heterocycles. The molecule has 0 aromatic heterocycles. The van der Waals surface area contributed by atoms with E-state index in [-0.39, 0.29) is 17.8 Å². The molecule has 7 nitrogen and oxygen atoms in total. The summed E-state index contributed by atoms with van der Waals surface area (Å²) in [7, 11) is 1.43. The molecule has 226 valence electrons. The average molecular weight is 589 g/mol. The average Bonchev–Trinajstić information content (AvgIpc) is 3.75. The largest absolute Gasteiger partial charge is 0.511 e. The lowest BCUT2D eigenvalue weighted by atomic mass is 9.86. The van der Waals surface area contributed by atoms with Crippen molar-refractivity contribution in [3.8, 4) is 0 Å². The number of carbonyl (C=O) groups excluding carboxylic acids is 1. The number of fused-ring (bicyclic) bond motifs is 5. The molecule has 6 rings (SSSR count). The number of methoxy groups -OCH3 is 1. The Bertz CT molecular complexity index is 1770. The van der Waals surface area contributed by atoms with Gasteiger partial charge in [0.1, 0.15) is 5.76 Å². The molecule has 0 aromatic rings. The summed E-state index contributed by atoms with van der Waals surface area (Å²) in [6.45, 7) is 14.5. The number of nitrogens with zero attached hydrogens (tertiary/aromatic N) is 3.